The highest BCUT2D eigenvalue weighted by Gasteiger charge is 2.45. The van der Waals surface area contributed by atoms with Crippen molar-refractivity contribution in [2.24, 2.45) is 4.99 Å². The number of hydrogen-bond donors (Lipinski definition) is 2. The third kappa shape index (κ3) is 3.84. The van der Waals surface area contributed by atoms with Gasteiger partial charge in [0, 0.05) is 22.4 Å². The minimum Gasteiger partial charge on any atom is -0.365 e. The number of hydrogen-bond acceptors (Lipinski definition) is 5. The van der Waals surface area contributed by atoms with E-state index in [1.807, 2.05) is 0 Å². The lowest BCUT2D eigenvalue weighted by Gasteiger charge is -2.30. The van der Waals surface area contributed by atoms with Gasteiger partial charge >= 0.3 is 0 Å². The molecule has 3 aromatic carbocycles. The van der Waals surface area contributed by atoms with Gasteiger partial charge in [0.15, 0.2) is 15.6 Å². The third-order valence-corrected chi connectivity index (χ3v) is 6.37. The lowest BCUT2D eigenvalue weighted by Crippen LogP contribution is -2.44. The maximum absolute atomic E-state index is 13.4. The lowest BCUT2D eigenvalue weighted by molar-refractivity contribution is 0.00503. The average molecular weight is 445 g/mol. The summed E-state index contributed by atoms with van der Waals surface area (Å²) in [7, 11) is -3.33. The van der Waals surface area contributed by atoms with Gasteiger partial charge in [-0.05, 0) is 54.1 Å². The summed E-state index contributed by atoms with van der Waals surface area (Å²) in [4.78, 5) is 4.86. The Bertz CT molecular complexity index is 1210. The Morgan fingerprint density at radius 2 is 1.60 bits per heavy atom. The molecule has 2 atom stereocenters. The van der Waals surface area contributed by atoms with Crippen molar-refractivity contribution in [3.05, 3.63) is 100 Å². The number of benzene rings is 3. The van der Waals surface area contributed by atoms with Crippen molar-refractivity contribution in [1.29, 1.82) is 0 Å². The predicted octanol–water partition coefficient (Wildman–Crippen LogP) is 3.82. The van der Waals surface area contributed by atoms with E-state index in [2.05, 4.69) is 10.3 Å². The van der Waals surface area contributed by atoms with Crippen molar-refractivity contribution in [3.8, 4) is 0 Å². The smallest absolute Gasteiger partial charge is 0.190 e. The summed E-state index contributed by atoms with van der Waals surface area (Å²) < 4.78 is 36.9. The first-order valence-corrected chi connectivity index (χ1v) is 11.3. The van der Waals surface area contributed by atoms with E-state index in [-0.39, 0.29) is 4.90 Å². The number of amidine groups is 1. The summed E-state index contributed by atoms with van der Waals surface area (Å²) >= 11 is 6.00. The van der Waals surface area contributed by atoms with Crippen LogP contribution in [0.2, 0.25) is 5.02 Å². The van der Waals surface area contributed by atoms with Crippen LogP contribution in [0.25, 0.3) is 0 Å². The molecule has 2 unspecified atom stereocenters. The molecule has 1 aliphatic rings. The molecule has 4 rings (SSSR count). The van der Waals surface area contributed by atoms with Gasteiger partial charge in [-0.1, -0.05) is 35.9 Å². The van der Waals surface area contributed by atoms with Gasteiger partial charge in [-0.15, -0.1) is 0 Å². The zero-order valence-electron chi connectivity index (χ0n) is 15.9. The van der Waals surface area contributed by atoms with Crippen molar-refractivity contribution >= 4 is 27.3 Å². The van der Waals surface area contributed by atoms with Crippen molar-refractivity contribution in [2.75, 3.05) is 6.26 Å². The molecule has 5 nitrogen and oxygen atoms in total. The monoisotopic (exact) mass is 444 g/mol. The van der Waals surface area contributed by atoms with Gasteiger partial charge in [-0.2, -0.15) is 0 Å². The molecule has 0 saturated carbocycles. The molecular formula is C22H18ClFN2O3S. The van der Waals surface area contributed by atoms with E-state index in [4.69, 9.17) is 11.6 Å². The largest absolute Gasteiger partial charge is 0.365 e. The number of sulfone groups is 1. The van der Waals surface area contributed by atoms with Crippen LogP contribution >= 0.6 is 11.6 Å². The van der Waals surface area contributed by atoms with Gasteiger partial charge in [0.25, 0.3) is 0 Å². The first-order valence-electron chi connectivity index (χ1n) is 9.07. The van der Waals surface area contributed by atoms with E-state index in [1.54, 1.807) is 36.4 Å². The first-order chi connectivity index (χ1) is 14.2. The zero-order valence-corrected chi connectivity index (χ0v) is 17.5. The number of nitrogens with zero attached hydrogens (tertiary/aromatic N) is 1. The molecule has 30 heavy (non-hydrogen) atoms. The molecule has 0 radical (unpaired) electrons. The zero-order chi connectivity index (χ0) is 21.5. The van der Waals surface area contributed by atoms with Gasteiger partial charge in [-0.25, -0.2) is 12.8 Å². The quantitative estimate of drug-likeness (QED) is 0.641. The van der Waals surface area contributed by atoms with Crippen molar-refractivity contribution in [3.63, 3.8) is 0 Å². The van der Waals surface area contributed by atoms with Gasteiger partial charge in [0.05, 0.1) is 4.90 Å². The van der Waals surface area contributed by atoms with Crippen LogP contribution in [0.3, 0.4) is 0 Å². The van der Waals surface area contributed by atoms with Crippen LogP contribution in [0.15, 0.2) is 82.7 Å². The fourth-order valence-electron chi connectivity index (χ4n) is 3.41. The second-order valence-corrected chi connectivity index (χ2v) is 9.58. The number of halogens is 2. The minimum atomic E-state index is -3.33. The van der Waals surface area contributed by atoms with Gasteiger partial charge < -0.3 is 10.4 Å². The molecule has 0 saturated heterocycles. The number of aliphatic hydroxyl groups is 1. The van der Waals surface area contributed by atoms with E-state index in [0.29, 0.717) is 27.5 Å². The number of rotatable bonds is 4. The molecule has 8 heteroatoms. The highest BCUT2D eigenvalue weighted by molar-refractivity contribution is 7.90. The van der Waals surface area contributed by atoms with Crippen LogP contribution in [0.1, 0.15) is 22.7 Å². The third-order valence-electron chi connectivity index (χ3n) is 4.99. The summed E-state index contributed by atoms with van der Waals surface area (Å²) in [6.07, 6.45) is 1.14. The van der Waals surface area contributed by atoms with E-state index < -0.39 is 27.4 Å². The van der Waals surface area contributed by atoms with Crippen molar-refractivity contribution < 1.29 is 17.9 Å². The van der Waals surface area contributed by atoms with Crippen molar-refractivity contribution in [1.82, 2.24) is 5.32 Å². The van der Waals surface area contributed by atoms with E-state index in [0.717, 1.165) is 6.26 Å². The summed E-state index contributed by atoms with van der Waals surface area (Å²) in [6.45, 7) is 0. The molecule has 1 heterocycles. The van der Waals surface area contributed by atoms with Crippen molar-refractivity contribution in [2.45, 2.75) is 16.7 Å². The Morgan fingerprint density at radius 3 is 2.17 bits per heavy atom. The molecule has 0 bridgehead atoms. The molecule has 2 N–H and O–H groups in total. The fraction of sp³-hybridized carbons (Fsp3) is 0.136. The second-order valence-electron chi connectivity index (χ2n) is 7.13. The molecule has 154 valence electrons. The second kappa shape index (κ2) is 7.50. The summed E-state index contributed by atoms with van der Waals surface area (Å²) in [6, 6.07) is 18.0. The molecule has 0 aromatic heterocycles. The molecule has 1 aliphatic heterocycles. The van der Waals surface area contributed by atoms with Gasteiger partial charge in [0.2, 0.25) is 0 Å². The highest BCUT2D eigenvalue weighted by atomic mass is 35.5. The minimum absolute atomic E-state index is 0.188. The molecule has 0 aliphatic carbocycles. The van der Waals surface area contributed by atoms with E-state index >= 15 is 0 Å². The van der Waals surface area contributed by atoms with Gasteiger partial charge in [0.1, 0.15) is 17.7 Å². The molecule has 0 fully saturated rings. The van der Waals surface area contributed by atoms with E-state index in [9.17, 15) is 17.9 Å². The average Bonchev–Trinajstić information content (AvgIpc) is 3.07. The van der Waals surface area contributed by atoms with Crippen LogP contribution in [0, 0.1) is 5.82 Å². The number of aliphatic imine (C=N–C) groups is 1. The predicted molar refractivity (Wildman–Crippen MR) is 114 cm³/mol. The number of nitrogens with one attached hydrogen (secondary N) is 1. The van der Waals surface area contributed by atoms with Crippen LogP contribution in [-0.4, -0.2) is 25.6 Å². The first kappa shape index (κ1) is 20.5. The SMILES string of the molecule is CS(=O)(=O)c1ccc(C2=NC(c3ccc(Cl)cc3)C(O)(c3ccc(F)cc3)N2)cc1. The van der Waals surface area contributed by atoms with Gasteiger partial charge in [-0.3, -0.25) is 4.99 Å². The maximum Gasteiger partial charge on any atom is 0.190 e. The molecular weight excluding hydrogens is 427 g/mol. The molecule has 3 aromatic rings. The molecule has 0 amide bonds. The summed E-state index contributed by atoms with van der Waals surface area (Å²) in [5, 5.41) is 15.2. The Morgan fingerprint density at radius 1 is 1.00 bits per heavy atom. The Kier molecular flexibility index (Phi) is 5.13. The Labute approximate surface area is 178 Å². The maximum atomic E-state index is 13.4. The normalized spacial score (nSPS) is 21.2. The molecule has 0 spiro atoms. The van der Waals surface area contributed by atoms with Crippen LogP contribution in [-0.2, 0) is 15.6 Å². The standard InChI is InChI=1S/C22H18ClFN2O3S/c1-30(28,29)19-12-4-15(5-13-19)21-25-20(14-2-8-17(23)9-3-14)22(27,26-21)16-6-10-18(24)11-7-16/h2-13,20,27H,1H3,(H,25,26). The lowest BCUT2D eigenvalue weighted by atomic mass is 9.91. The van der Waals surface area contributed by atoms with Crippen LogP contribution in [0.4, 0.5) is 4.39 Å². The summed E-state index contributed by atoms with van der Waals surface area (Å²) in [5.74, 6) is -0.0253. The Balaban J connectivity index is 1.78. The van der Waals surface area contributed by atoms with Crippen LogP contribution in [0.5, 0.6) is 0 Å². The fourth-order valence-corrected chi connectivity index (χ4v) is 4.16. The topological polar surface area (TPSA) is 78.8 Å². The Hall–Kier alpha value is -2.74. The van der Waals surface area contributed by atoms with E-state index in [1.165, 1.54) is 36.4 Å². The highest BCUT2D eigenvalue weighted by Crippen LogP contribution is 2.41. The van der Waals surface area contributed by atoms with Crippen LogP contribution < -0.4 is 5.32 Å². The summed E-state index contributed by atoms with van der Waals surface area (Å²) in [5.41, 5.74) is 0.128.